The highest BCUT2D eigenvalue weighted by molar-refractivity contribution is 4.62. The van der Waals surface area contributed by atoms with Crippen LogP contribution in [0.1, 0.15) is 46.0 Å². The number of hydrogen-bond acceptors (Lipinski definition) is 0. The fourth-order valence-corrected chi connectivity index (χ4v) is 3.81. The minimum Gasteiger partial charge on any atom is -0.310 e. The highest BCUT2D eigenvalue weighted by atomic mass is 15.5. The smallest absolute Gasteiger partial charge is 0.129 e. The van der Waals surface area contributed by atoms with Crippen LogP contribution in [0.2, 0.25) is 0 Å². The van der Waals surface area contributed by atoms with Crippen molar-refractivity contribution in [3.8, 4) is 0 Å². The van der Waals surface area contributed by atoms with Gasteiger partial charge in [0.25, 0.3) is 0 Å². The Morgan fingerprint density at radius 1 is 0.588 bits per heavy atom. The summed E-state index contributed by atoms with van der Waals surface area (Å²) < 4.78 is 2.95. The van der Waals surface area contributed by atoms with E-state index in [0.29, 0.717) is 0 Å². The number of rotatable bonds is 7. The first-order valence-electron chi connectivity index (χ1n) is 7.94. The molecular weight excluding hydrogens is 208 g/mol. The molecule has 0 amide bonds. The Morgan fingerprint density at radius 3 is 1.41 bits per heavy atom. The monoisotopic (exact) mass is 240 g/mol. The molecule has 17 heavy (non-hydrogen) atoms. The van der Waals surface area contributed by atoms with E-state index in [2.05, 4.69) is 13.8 Å². The van der Waals surface area contributed by atoms with E-state index in [9.17, 15) is 0 Å². The number of nitrogens with zero attached hydrogens (tertiary/aromatic N) is 2. The van der Waals surface area contributed by atoms with Crippen LogP contribution in [0.25, 0.3) is 0 Å². The van der Waals surface area contributed by atoms with Crippen molar-refractivity contribution in [2.24, 2.45) is 0 Å². The first-order valence-corrected chi connectivity index (χ1v) is 7.94. The number of quaternary nitrogens is 2. The summed E-state index contributed by atoms with van der Waals surface area (Å²) in [6.45, 7) is 16.5. The van der Waals surface area contributed by atoms with Crippen molar-refractivity contribution < 1.29 is 8.97 Å². The van der Waals surface area contributed by atoms with Crippen LogP contribution in [0.5, 0.6) is 0 Å². The van der Waals surface area contributed by atoms with E-state index in [1.54, 1.807) is 0 Å². The van der Waals surface area contributed by atoms with Crippen LogP contribution >= 0.6 is 0 Å². The largest absolute Gasteiger partial charge is 0.310 e. The van der Waals surface area contributed by atoms with Gasteiger partial charge in [0.2, 0.25) is 0 Å². The summed E-state index contributed by atoms with van der Waals surface area (Å²) in [4.78, 5) is 0. The van der Waals surface area contributed by atoms with E-state index in [4.69, 9.17) is 0 Å². The maximum atomic E-state index is 2.33. The van der Waals surface area contributed by atoms with Crippen LogP contribution in [0, 0.1) is 0 Å². The van der Waals surface area contributed by atoms with Crippen LogP contribution in [-0.4, -0.2) is 61.3 Å². The van der Waals surface area contributed by atoms with Crippen LogP contribution < -0.4 is 0 Å². The minimum absolute atomic E-state index is 1.37. The Bertz CT molecular complexity index is 213. The zero-order valence-electron chi connectivity index (χ0n) is 12.1. The molecule has 0 radical (unpaired) electrons. The molecule has 3 aliphatic heterocycles. The number of fused-ring (bicyclic) bond motifs is 3. The molecule has 0 aromatic heterocycles. The van der Waals surface area contributed by atoms with Gasteiger partial charge in [-0.1, -0.05) is 26.7 Å². The molecule has 0 aliphatic carbocycles. The third-order valence-electron chi connectivity index (χ3n) is 5.37. The van der Waals surface area contributed by atoms with Gasteiger partial charge in [-0.2, -0.15) is 0 Å². The molecule has 3 aliphatic rings. The predicted octanol–water partition coefficient (Wildman–Crippen LogP) is 2.64. The Kier molecular flexibility index (Phi) is 4.48. The van der Waals surface area contributed by atoms with E-state index in [1.165, 1.54) is 93.4 Å². The van der Waals surface area contributed by atoms with E-state index in [0.717, 1.165) is 0 Å². The SMILES string of the molecule is CCCCC[N+]12CC[N+](CCCC)(CC1)CC2. The fourth-order valence-electron chi connectivity index (χ4n) is 3.81. The number of piperazine rings is 3. The van der Waals surface area contributed by atoms with Crippen molar-refractivity contribution in [1.29, 1.82) is 0 Å². The standard InChI is InChI=1S/C15H32N2/c1-3-5-7-9-17-13-10-16(11-14-17,12-15-17)8-6-4-2/h3-15H2,1-2H3/q+2. The molecule has 0 aromatic carbocycles. The first-order chi connectivity index (χ1) is 8.24. The lowest BCUT2D eigenvalue weighted by Crippen LogP contribution is -2.75. The summed E-state index contributed by atoms with van der Waals surface area (Å²) in [7, 11) is 0. The average molecular weight is 240 g/mol. The molecule has 2 heteroatoms. The zero-order chi connectivity index (χ0) is 12.2. The van der Waals surface area contributed by atoms with Gasteiger partial charge < -0.3 is 8.97 Å². The second-order valence-corrected chi connectivity index (χ2v) is 6.53. The summed E-state index contributed by atoms with van der Waals surface area (Å²) in [5.41, 5.74) is 0. The molecule has 3 rings (SSSR count). The zero-order valence-corrected chi connectivity index (χ0v) is 12.1. The molecule has 3 heterocycles. The molecule has 0 saturated carbocycles. The van der Waals surface area contributed by atoms with Crippen LogP contribution in [0.4, 0.5) is 0 Å². The maximum absolute atomic E-state index is 2.33. The Morgan fingerprint density at radius 2 is 1.00 bits per heavy atom. The molecule has 0 unspecified atom stereocenters. The second kappa shape index (κ2) is 5.71. The molecule has 2 nitrogen and oxygen atoms in total. The van der Waals surface area contributed by atoms with E-state index >= 15 is 0 Å². The second-order valence-electron chi connectivity index (χ2n) is 6.53. The molecule has 0 spiro atoms. The van der Waals surface area contributed by atoms with Gasteiger partial charge in [-0.3, -0.25) is 0 Å². The molecule has 0 atom stereocenters. The van der Waals surface area contributed by atoms with Gasteiger partial charge in [0.15, 0.2) is 0 Å². The topological polar surface area (TPSA) is 0 Å². The van der Waals surface area contributed by atoms with Crippen molar-refractivity contribution in [2.75, 3.05) is 52.4 Å². The third kappa shape index (κ3) is 3.03. The van der Waals surface area contributed by atoms with E-state index < -0.39 is 0 Å². The van der Waals surface area contributed by atoms with E-state index in [1.807, 2.05) is 0 Å². The van der Waals surface area contributed by atoms with Crippen molar-refractivity contribution in [3.05, 3.63) is 0 Å². The predicted molar refractivity (Wildman–Crippen MR) is 73.9 cm³/mol. The van der Waals surface area contributed by atoms with Crippen LogP contribution in [-0.2, 0) is 0 Å². The first kappa shape index (κ1) is 13.4. The molecule has 3 saturated heterocycles. The summed E-state index contributed by atoms with van der Waals surface area (Å²) in [6, 6.07) is 0. The number of unbranched alkanes of at least 4 members (excludes halogenated alkanes) is 3. The van der Waals surface area contributed by atoms with Gasteiger partial charge in [0.05, 0.1) is 13.1 Å². The highest BCUT2D eigenvalue weighted by Gasteiger charge is 2.47. The Hall–Kier alpha value is -0.0800. The summed E-state index contributed by atoms with van der Waals surface area (Å²) in [6.07, 6.45) is 7.09. The molecular formula is C15H32N2+2. The normalized spacial score (nSPS) is 36.4. The van der Waals surface area contributed by atoms with Crippen molar-refractivity contribution >= 4 is 0 Å². The van der Waals surface area contributed by atoms with Gasteiger partial charge in [0.1, 0.15) is 39.3 Å². The lowest BCUT2D eigenvalue weighted by molar-refractivity contribution is -1.08. The molecule has 3 fully saturated rings. The maximum Gasteiger partial charge on any atom is 0.129 e. The summed E-state index contributed by atoms with van der Waals surface area (Å²) in [5.74, 6) is 0. The minimum atomic E-state index is 1.37. The summed E-state index contributed by atoms with van der Waals surface area (Å²) >= 11 is 0. The molecule has 0 aromatic rings. The van der Waals surface area contributed by atoms with E-state index in [-0.39, 0.29) is 0 Å². The van der Waals surface area contributed by atoms with Crippen molar-refractivity contribution in [3.63, 3.8) is 0 Å². The molecule has 100 valence electrons. The fraction of sp³-hybridized carbons (Fsp3) is 1.00. The lowest BCUT2D eigenvalue weighted by atomic mass is 10.0. The van der Waals surface area contributed by atoms with Gasteiger partial charge >= 0.3 is 0 Å². The average Bonchev–Trinajstić information content (AvgIpc) is 2.39. The number of hydrogen-bond donors (Lipinski definition) is 0. The van der Waals surface area contributed by atoms with Gasteiger partial charge in [-0.05, 0) is 19.3 Å². The summed E-state index contributed by atoms with van der Waals surface area (Å²) in [5, 5.41) is 0. The van der Waals surface area contributed by atoms with Crippen molar-refractivity contribution in [2.45, 2.75) is 46.0 Å². The van der Waals surface area contributed by atoms with Gasteiger partial charge in [0, 0.05) is 0 Å². The molecule has 2 bridgehead atoms. The van der Waals surface area contributed by atoms with Crippen LogP contribution in [0.15, 0.2) is 0 Å². The highest BCUT2D eigenvalue weighted by Crippen LogP contribution is 2.27. The Labute approximate surface area is 108 Å². The third-order valence-corrected chi connectivity index (χ3v) is 5.37. The van der Waals surface area contributed by atoms with Gasteiger partial charge in [-0.25, -0.2) is 0 Å². The van der Waals surface area contributed by atoms with Crippen LogP contribution in [0.3, 0.4) is 0 Å². The van der Waals surface area contributed by atoms with Gasteiger partial charge in [-0.15, -0.1) is 0 Å². The van der Waals surface area contributed by atoms with Crippen molar-refractivity contribution in [1.82, 2.24) is 0 Å². The molecule has 0 N–H and O–H groups in total. The Balaban J connectivity index is 1.82. The quantitative estimate of drug-likeness (QED) is 0.474. The lowest BCUT2D eigenvalue weighted by Gasteiger charge is -2.55.